The number of carboxylic acid groups (broad SMARTS) is 1. The van der Waals surface area contributed by atoms with E-state index < -0.39 is 17.4 Å². The average Bonchev–Trinajstić information content (AvgIpc) is 2.35. The van der Waals surface area contributed by atoms with Gasteiger partial charge in [0.2, 0.25) is 5.91 Å². The largest absolute Gasteiger partial charge is 0.480 e. The molecule has 0 heterocycles. The van der Waals surface area contributed by atoms with E-state index in [1.54, 1.807) is 18.2 Å². The first-order chi connectivity index (χ1) is 9.22. The summed E-state index contributed by atoms with van der Waals surface area (Å²) in [7, 11) is 0. The Labute approximate surface area is 117 Å². The van der Waals surface area contributed by atoms with Crippen LogP contribution in [0.3, 0.4) is 0 Å². The normalized spacial score (nSPS) is 10.8. The molecule has 0 saturated carbocycles. The van der Waals surface area contributed by atoms with E-state index in [1.807, 2.05) is 13.0 Å². The minimum Gasteiger partial charge on any atom is -0.480 e. The van der Waals surface area contributed by atoms with Crippen LogP contribution >= 0.6 is 0 Å². The van der Waals surface area contributed by atoms with Crippen LogP contribution in [0.5, 0.6) is 0 Å². The van der Waals surface area contributed by atoms with Crippen LogP contribution in [0.25, 0.3) is 0 Å². The lowest BCUT2D eigenvalue weighted by atomic mass is 10.1. The fourth-order valence-corrected chi connectivity index (χ4v) is 1.50. The third-order valence-corrected chi connectivity index (χ3v) is 2.68. The molecule has 0 aliphatic rings. The number of aliphatic carboxylic acids is 1. The third kappa shape index (κ3) is 4.38. The molecule has 20 heavy (non-hydrogen) atoms. The van der Waals surface area contributed by atoms with Gasteiger partial charge in [0, 0.05) is 5.56 Å². The molecule has 0 aliphatic heterocycles. The molecule has 108 valence electrons. The summed E-state index contributed by atoms with van der Waals surface area (Å²) < 4.78 is 0. The summed E-state index contributed by atoms with van der Waals surface area (Å²) in [6.07, 6.45) is 0. The Kier molecular flexibility index (Phi) is 4.85. The first-order valence-electron chi connectivity index (χ1n) is 6.11. The van der Waals surface area contributed by atoms with Crippen molar-refractivity contribution in [3.63, 3.8) is 0 Å². The molecule has 0 unspecified atom stereocenters. The summed E-state index contributed by atoms with van der Waals surface area (Å²) in [4.78, 5) is 34.2. The number of amides is 2. The van der Waals surface area contributed by atoms with E-state index in [1.165, 1.54) is 13.8 Å². The van der Waals surface area contributed by atoms with Crippen molar-refractivity contribution in [2.75, 3.05) is 6.54 Å². The Morgan fingerprint density at radius 3 is 2.45 bits per heavy atom. The van der Waals surface area contributed by atoms with Gasteiger partial charge in [0.1, 0.15) is 5.54 Å². The van der Waals surface area contributed by atoms with E-state index in [0.717, 1.165) is 5.56 Å². The highest BCUT2D eigenvalue weighted by molar-refractivity contribution is 5.97. The molecule has 0 spiro atoms. The van der Waals surface area contributed by atoms with Crippen molar-refractivity contribution >= 4 is 17.8 Å². The minimum absolute atomic E-state index is 0.274. The van der Waals surface area contributed by atoms with Crippen LogP contribution in [-0.2, 0) is 9.59 Å². The van der Waals surface area contributed by atoms with Gasteiger partial charge in [-0.1, -0.05) is 17.7 Å². The van der Waals surface area contributed by atoms with Gasteiger partial charge in [0.05, 0.1) is 6.54 Å². The maximum atomic E-state index is 11.8. The van der Waals surface area contributed by atoms with Crippen LogP contribution < -0.4 is 10.6 Å². The van der Waals surface area contributed by atoms with Crippen molar-refractivity contribution in [3.8, 4) is 0 Å². The molecule has 0 aromatic heterocycles. The van der Waals surface area contributed by atoms with E-state index in [9.17, 15) is 14.4 Å². The number of hydrogen-bond donors (Lipinski definition) is 3. The van der Waals surface area contributed by atoms with Gasteiger partial charge in [-0.3, -0.25) is 9.59 Å². The Morgan fingerprint density at radius 1 is 1.25 bits per heavy atom. The maximum absolute atomic E-state index is 11.8. The lowest BCUT2D eigenvalue weighted by Crippen LogP contribution is -2.52. The number of carboxylic acids is 1. The molecular weight excluding hydrogens is 260 g/mol. The van der Waals surface area contributed by atoms with Crippen LogP contribution in [0.4, 0.5) is 0 Å². The van der Waals surface area contributed by atoms with Crippen molar-refractivity contribution in [2.45, 2.75) is 26.3 Å². The van der Waals surface area contributed by atoms with Crippen LogP contribution in [0.15, 0.2) is 24.3 Å². The number of carbonyl (C=O) groups is 3. The molecular formula is C14H18N2O4. The van der Waals surface area contributed by atoms with Crippen molar-refractivity contribution < 1.29 is 19.5 Å². The third-order valence-electron chi connectivity index (χ3n) is 2.68. The fraction of sp³-hybridized carbons (Fsp3) is 0.357. The molecule has 0 saturated heterocycles. The van der Waals surface area contributed by atoms with E-state index in [-0.39, 0.29) is 12.5 Å². The first kappa shape index (κ1) is 15.7. The zero-order chi connectivity index (χ0) is 15.3. The first-order valence-corrected chi connectivity index (χ1v) is 6.11. The standard InChI is InChI=1S/C14H18N2O4/c1-9-5-4-6-10(7-9)12(18)15-8-11(17)16-14(2,3)13(19)20/h4-7H,8H2,1-3H3,(H,15,18)(H,16,17)(H,19,20). The highest BCUT2D eigenvalue weighted by Gasteiger charge is 2.28. The number of carbonyl (C=O) groups excluding carboxylic acids is 2. The summed E-state index contributed by atoms with van der Waals surface area (Å²) in [6.45, 7) is 4.33. The quantitative estimate of drug-likeness (QED) is 0.739. The van der Waals surface area contributed by atoms with Gasteiger partial charge in [-0.25, -0.2) is 4.79 Å². The van der Waals surface area contributed by atoms with E-state index in [0.29, 0.717) is 5.56 Å². The fourth-order valence-electron chi connectivity index (χ4n) is 1.50. The molecule has 0 aliphatic carbocycles. The van der Waals surface area contributed by atoms with Gasteiger partial charge in [-0.05, 0) is 32.9 Å². The maximum Gasteiger partial charge on any atom is 0.328 e. The predicted molar refractivity (Wildman–Crippen MR) is 73.4 cm³/mol. The SMILES string of the molecule is Cc1cccc(C(=O)NCC(=O)NC(C)(C)C(=O)O)c1. The van der Waals surface area contributed by atoms with Crippen molar-refractivity contribution in [1.82, 2.24) is 10.6 Å². The minimum atomic E-state index is -1.37. The predicted octanol–water partition coefficient (Wildman–Crippen LogP) is 0.704. The monoisotopic (exact) mass is 278 g/mol. The summed E-state index contributed by atoms with van der Waals surface area (Å²) in [5, 5.41) is 13.6. The molecule has 1 aromatic rings. The second-order valence-electron chi connectivity index (χ2n) is 5.03. The Hall–Kier alpha value is -2.37. The van der Waals surface area contributed by atoms with E-state index >= 15 is 0 Å². The highest BCUT2D eigenvalue weighted by atomic mass is 16.4. The van der Waals surface area contributed by atoms with Crippen molar-refractivity contribution in [1.29, 1.82) is 0 Å². The molecule has 0 bridgehead atoms. The van der Waals surface area contributed by atoms with Gasteiger partial charge < -0.3 is 15.7 Å². The molecule has 6 heteroatoms. The van der Waals surface area contributed by atoms with Crippen molar-refractivity contribution in [3.05, 3.63) is 35.4 Å². The molecule has 0 radical (unpaired) electrons. The summed E-state index contributed by atoms with van der Waals surface area (Å²) in [5.74, 6) is -2.08. The zero-order valence-electron chi connectivity index (χ0n) is 11.7. The smallest absolute Gasteiger partial charge is 0.328 e. The molecule has 1 rings (SSSR count). The average molecular weight is 278 g/mol. The van der Waals surface area contributed by atoms with Crippen LogP contribution in [0, 0.1) is 6.92 Å². The number of aryl methyl sites for hydroxylation is 1. The van der Waals surface area contributed by atoms with E-state index in [2.05, 4.69) is 10.6 Å². The Bertz CT molecular complexity index is 538. The highest BCUT2D eigenvalue weighted by Crippen LogP contribution is 2.04. The van der Waals surface area contributed by atoms with E-state index in [4.69, 9.17) is 5.11 Å². The van der Waals surface area contributed by atoms with Gasteiger partial charge in [0.15, 0.2) is 0 Å². The lowest BCUT2D eigenvalue weighted by Gasteiger charge is -2.21. The molecule has 2 amide bonds. The number of hydrogen-bond acceptors (Lipinski definition) is 3. The molecule has 0 fully saturated rings. The number of nitrogens with one attached hydrogen (secondary N) is 2. The molecule has 0 atom stereocenters. The molecule has 6 nitrogen and oxygen atoms in total. The van der Waals surface area contributed by atoms with Gasteiger partial charge in [-0.15, -0.1) is 0 Å². The van der Waals surface area contributed by atoms with Crippen molar-refractivity contribution in [2.24, 2.45) is 0 Å². The topological polar surface area (TPSA) is 95.5 Å². The molecule has 3 N–H and O–H groups in total. The second-order valence-corrected chi connectivity index (χ2v) is 5.03. The number of benzene rings is 1. The lowest BCUT2D eigenvalue weighted by molar-refractivity contribution is -0.145. The van der Waals surface area contributed by atoms with Gasteiger partial charge >= 0.3 is 5.97 Å². The number of rotatable bonds is 5. The van der Waals surface area contributed by atoms with Crippen LogP contribution in [0.2, 0.25) is 0 Å². The molecule has 1 aromatic carbocycles. The second kappa shape index (κ2) is 6.18. The summed E-state index contributed by atoms with van der Waals surface area (Å²) in [5.41, 5.74) is 0.0231. The van der Waals surface area contributed by atoms with Gasteiger partial charge in [-0.2, -0.15) is 0 Å². The Morgan fingerprint density at radius 2 is 1.90 bits per heavy atom. The van der Waals surface area contributed by atoms with Crippen LogP contribution in [0.1, 0.15) is 29.8 Å². The zero-order valence-corrected chi connectivity index (χ0v) is 11.7. The summed E-state index contributed by atoms with van der Waals surface area (Å²) >= 11 is 0. The summed E-state index contributed by atoms with van der Waals surface area (Å²) in [6, 6.07) is 6.95. The van der Waals surface area contributed by atoms with Crippen LogP contribution in [-0.4, -0.2) is 35.0 Å². The van der Waals surface area contributed by atoms with Gasteiger partial charge in [0.25, 0.3) is 5.91 Å². The Balaban J connectivity index is 2.53.